The summed E-state index contributed by atoms with van der Waals surface area (Å²) >= 11 is 3.37. The Morgan fingerprint density at radius 2 is 1.83 bits per heavy atom. The number of nitrogens with zero attached hydrogens (tertiary/aromatic N) is 1. The minimum atomic E-state index is -0.457. The summed E-state index contributed by atoms with van der Waals surface area (Å²) in [5.41, 5.74) is 1.22. The zero-order valence-corrected chi connectivity index (χ0v) is 16.7. The highest BCUT2D eigenvalue weighted by atomic mass is 79.9. The van der Waals surface area contributed by atoms with E-state index in [-0.39, 0.29) is 18.4 Å². The van der Waals surface area contributed by atoms with E-state index in [2.05, 4.69) is 26.2 Å². The molecule has 0 fully saturated rings. The fraction of sp³-hybridized carbons (Fsp3) is 0.0455. The van der Waals surface area contributed by atoms with Crippen molar-refractivity contribution in [3.63, 3.8) is 0 Å². The molecule has 7 heteroatoms. The fourth-order valence-electron chi connectivity index (χ4n) is 2.77. The van der Waals surface area contributed by atoms with Crippen LogP contribution < -0.4 is 15.7 Å². The van der Waals surface area contributed by atoms with Crippen molar-refractivity contribution in [1.29, 1.82) is 0 Å². The molecule has 0 aliphatic carbocycles. The molecule has 6 nitrogen and oxygen atoms in total. The summed E-state index contributed by atoms with van der Waals surface area (Å²) in [6, 6.07) is 21.2. The number of aromatic nitrogens is 1. The van der Waals surface area contributed by atoms with Crippen molar-refractivity contribution in [2.24, 2.45) is 0 Å². The largest absolute Gasteiger partial charge is 0.483 e. The molecule has 4 aromatic rings. The monoisotopic (exact) mass is 450 g/mol. The number of carbonyl (C=O) groups is 1. The number of benzene rings is 3. The number of anilines is 1. The second-order valence-electron chi connectivity index (χ2n) is 6.17. The molecular weight excluding hydrogens is 436 g/mol. The second kappa shape index (κ2) is 8.28. The third kappa shape index (κ3) is 4.35. The number of hydrogen-bond donors (Lipinski definition) is 1. The minimum Gasteiger partial charge on any atom is -0.483 e. The van der Waals surface area contributed by atoms with Crippen LogP contribution in [0.5, 0.6) is 5.75 Å². The summed E-state index contributed by atoms with van der Waals surface area (Å²) in [5.74, 6) is 0.457. The molecule has 0 saturated carbocycles. The average molecular weight is 451 g/mol. The van der Waals surface area contributed by atoms with Gasteiger partial charge in [0.1, 0.15) is 5.75 Å². The Morgan fingerprint density at radius 3 is 2.69 bits per heavy atom. The van der Waals surface area contributed by atoms with Gasteiger partial charge in [-0.2, -0.15) is 0 Å². The highest BCUT2D eigenvalue weighted by molar-refractivity contribution is 9.10. The Kier molecular flexibility index (Phi) is 5.39. The number of ether oxygens (including phenoxy) is 1. The molecule has 0 saturated heterocycles. The summed E-state index contributed by atoms with van der Waals surface area (Å²) < 4.78 is 11.6. The van der Waals surface area contributed by atoms with Gasteiger partial charge in [-0.15, -0.1) is 0 Å². The van der Waals surface area contributed by atoms with Gasteiger partial charge in [0, 0.05) is 11.3 Å². The van der Waals surface area contributed by atoms with E-state index < -0.39 is 5.63 Å². The maximum Gasteiger partial charge on any atom is 0.347 e. The molecule has 0 spiro atoms. The highest BCUT2D eigenvalue weighted by Crippen LogP contribution is 2.24. The van der Waals surface area contributed by atoms with E-state index in [0.29, 0.717) is 27.9 Å². The van der Waals surface area contributed by atoms with E-state index in [1.807, 2.05) is 18.2 Å². The standard InChI is InChI=1S/C22H15BrN2O4/c23-17-9-2-4-11-19(17)28-13-20(26)24-15-7-5-6-14(12-15)21-25-18-10-3-1-8-16(18)22(27)29-21/h1-12H,13H2,(H,24,26). The maximum absolute atomic E-state index is 12.2. The zero-order valence-electron chi connectivity index (χ0n) is 15.1. The number of nitrogens with one attached hydrogen (secondary N) is 1. The van der Waals surface area contributed by atoms with Gasteiger partial charge in [-0.1, -0.05) is 30.3 Å². The lowest BCUT2D eigenvalue weighted by Crippen LogP contribution is -2.20. The molecule has 1 heterocycles. The third-order valence-corrected chi connectivity index (χ3v) is 4.78. The van der Waals surface area contributed by atoms with Crippen LogP contribution in [0.2, 0.25) is 0 Å². The molecule has 1 amide bonds. The summed E-state index contributed by atoms with van der Waals surface area (Å²) in [5, 5.41) is 3.19. The van der Waals surface area contributed by atoms with E-state index in [1.165, 1.54) is 0 Å². The Hall–Kier alpha value is -3.45. The molecule has 0 aliphatic heterocycles. The van der Waals surface area contributed by atoms with Crippen LogP contribution in [0.4, 0.5) is 5.69 Å². The lowest BCUT2D eigenvalue weighted by Gasteiger charge is -2.09. The van der Waals surface area contributed by atoms with Crippen molar-refractivity contribution in [1.82, 2.24) is 4.98 Å². The maximum atomic E-state index is 12.2. The number of carbonyl (C=O) groups excluding carboxylic acids is 1. The van der Waals surface area contributed by atoms with Crippen LogP contribution >= 0.6 is 15.9 Å². The van der Waals surface area contributed by atoms with Crippen LogP contribution in [-0.2, 0) is 4.79 Å². The number of fused-ring (bicyclic) bond motifs is 1. The van der Waals surface area contributed by atoms with Crippen molar-refractivity contribution in [3.05, 3.63) is 87.7 Å². The SMILES string of the molecule is O=C(COc1ccccc1Br)Nc1cccc(-c2nc3ccccc3c(=O)o2)c1. The van der Waals surface area contributed by atoms with Gasteiger partial charge in [0.2, 0.25) is 5.89 Å². The molecular formula is C22H15BrN2O4. The van der Waals surface area contributed by atoms with E-state index >= 15 is 0 Å². The number of rotatable bonds is 5. The van der Waals surface area contributed by atoms with Crippen LogP contribution in [0.1, 0.15) is 0 Å². The Morgan fingerprint density at radius 1 is 1.03 bits per heavy atom. The molecule has 0 unspecified atom stereocenters. The van der Waals surface area contributed by atoms with Crippen molar-refractivity contribution in [3.8, 4) is 17.2 Å². The topological polar surface area (TPSA) is 81.4 Å². The zero-order chi connectivity index (χ0) is 20.2. The van der Waals surface area contributed by atoms with Crippen LogP contribution in [0.3, 0.4) is 0 Å². The first-order chi connectivity index (χ1) is 14.1. The molecule has 144 valence electrons. The number of amides is 1. The Bertz CT molecular complexity index is 1250. The Labute approximate surface area is 174 Å². The third-order valence-electron chi connectivity index (χ3n) is 4.12. The molecule has 0 radical (unpaired) electrons. The summed E-state index contributed by atoms with van der Waals surface area (Å²) in [6.07, 6.45) is 0. The fourth-order valence-corrected chi connectivity index (χ4v) is 3.17. The van der Waals surface area contributed by atoms with E-state index in [1.54, 1.807) is 54.6 Å². The van der Waals surface area contributed by atoms with Crippen molar-refractivity contribution < 1.29 is 13.9 Å². The molecule has 29 heavy (non-hydrogen) atoms. The average Bonchev–Trinajstić information content (AvgIpc) is 2.73. The van der Waals surface area contributed by atoms with E-state index in [0.717, 1.165) is 4.47 Å². The molecule has 4 rings (SSSR count). The number of halogens is 1. The smallest absolute Gasteiger partial charge is 0.347 e. The molecule has 1 N–H and O–H groups in total. The van der Waals surface area contributed by atoms with Crippen LogP contribution in [0.25, 0.3) is 22.4 Å². The van der Waals surface area contributed by atoms with Gasteiger partial charge >= 0.3 is 5.63 Å². The highest BCUT2D eigenvalue weighted by Gasteiger charge is 2.10. The molecule has 3 aromatic carbocycles. The van der Waals surface area contributed by atoms with Gasteiger partial charge in [-0.25, -0.2) is 9.78 Å². The molecule has 0 atom stereocenters. The van der Waals surface area contributed by atoms with Gasteiger partial charge in [-0.05, 0) is 58.4 Å². The van der Waals surface area contributed by atoms with Gasteiger partial charge in [0.15, 0.2) is 6.61 Å². The lowest BCUT2D eigenvalue weighted by atomic mass is 10.2. The van der Waals surface area contributed by atoms with Crippen molar-refractivity contribution in [2.75, 3.05) is 11.9 Å². The first-order valence-electron chi connectivity index (χ1n) is 8.78. The van der Waals surface area contributed by atoms with E-state index in [9.17, 15) is 9.59 Å². The number of para-hydroxylation sites is 2. The number of hydrogen-bond acceptors (Lipinski definition) is 5. The summed E-state index contributed by atoms with van der Waals surface area (Å²) in [6.45, 7) is -0.143. The normalized spacial score (nSPS) is 10.7. The predicted octanol–water partition coefficient (Wildman–Crippen LogP) is 4.64. The first-order valence-corrected chi connectivity index (χ1v) is 9.57. The predicted molar refractivity (Wildman–Crippen MR) is 114 cm³/mol. The molecule has 0 bridgehead atoms. The Balaban J connectivity index is 1.51. The second-order valence-corrected chi connectivity index (χ2v) is 7.03. The summed E-state index contributed by atoms with van der Waals surface area (Å²) in [4.78, 5) is 28.8. The lowest BCUT2D eigenvalue weighted by molar-refractivity contribution is -0.118. The van der Waals surface area contributed by atoms with Crippen LogP contribution in [0.15, 0.2) is 86.5 Å². The van der Waals surface area contributed by atoms with Crippen LogP contribution in [0, 0.1) is 0 Å². The van der Waals surface area contributed by atoms with Gasteiger partial charge in [0.25, 0.3) is 5.91 Å². The van der Waals surface area contributed by atoms with Gasteiger partial charge < -0.3 is 14.5 Å². The summed E-state index contributed by atoms with van der Waals surface area (Å²) in [7, 11) is 0. The van der Waals surface area contributed by atoms with Gasteiger partial charge in [0.05, 0.1) is 15.4 Å². The van der Waals surface area contributed by atoms with Crippen molar-refractivity contribution in [2.45, 2.75) is 0 Å². The quantitative estimate of drug-likeness (QED) is 0.479. The van der Waals surface area contributed by atoms with Crippen molar-refractivity contribution >= 4 is 38.4 Å². The first kappa shape index (κ1) is 18.9. The minimum absolute atomic E-state index is 0.143. The molecule has 1 aromatic heterocycles. The van der Waals surface area contributed by atoms with E-state index in [4.69, 9.17) is 9.15 Å². The van der Waals surface area contributed by atoms with Gasteiger partial charge in [-0.3, -0.25) is 4.79 Å². The van der Waals surface area contributed by atoms with Crippen LogP contribution in [-0.4, -0.2) is 17.5 Å². The molecule has 0 aliphatic rings.